The fraction of sp³-hybridized carbons (Fsp3) is 0.375. The van der Waals surface area contributed by atoms with Crippen molar-refractivity contribution >= 4 is 11.8 Å². The summed E-state index contributed by atoms with van der Waals surface area (Å²) in [4.78, 5) is 1.34. The molecule has 17 heavy (non-hydrogen) atoms. The van der Waals surface area contributed by atoms with Crippen LogP contribution in [0.15, 0.2) is 58.5 Å². The van der Waals surface area contributed by atoms with Crippen LogP contribution in [0.1, 0.15) is 34.1 Å². The molecule has 1 rings (SSSR count). The topological polar surface area (TPSA) is 0 Å². The third-order valence-electron chi connectivity index (χ3n) is 2.31. The highest BCUT2D eigenvalue weighted by Crippen LogP contribution is 2.27. The smallest absolute Gasteiger partial charge is 0.0311 e. The molecule has 0 spiro atoms. The number of rotatable bonds is 5. The fourth-order valence-electron chi connectivity index (χ4n) is 1.55. The van der Waals surface area contributed by atoms with E-state index in [-0.39, 0.29) is 0 Å². The van der Waals surface area contributed by atoms with Gasteiger partial charge < -0.3 is 0 Å². The van der Waals surface area contributed by atoms with E-state index in [9.17, 15) is 0 Å². The lowest BCUT2D eigenvalue weighted by Gasteiger charge is -2.11. The first-order valence-electron chi connectivity index (χ1n) is 6.08. The second kappa shape index (κ2) is 7.39. The van der Waals surface area contributed by atoms with Gasteiger partial charge in [-0.1, -0.05) is 41.5 Å². The average molecular weight is 246 g/mol. The summed E-state index contributed by atoms with van der Waals surface area (Å²) >= 11 is 1.94. The molecule has 0 aliphatic rings. The quantitative estimate of drug-likeness (QED) is 0.490. The Hall–Kier alpha value is -0.950. The van der Waals surface area contributed by atoms with E-state index in [1.807, 2.05) is 11.8 Å². The van der Waals surface area contributed by atoms with Crippen molar-refractivity contribution in [1.82, 2.24) is 0 Å². The van der Waals surface area contributed by atoms with Gasteiger partial charge in [-0.2, -0.15) is 0 Å². The summed E-state index contributed by atoms with van der Waals surface area (Å²) < 4.78 is 0. The second-order valence-electron chi connectivity index (χ2n) is 4.73. The van der Waals surface area contributed by atoms with E-state index in [0.29, 0.717) is 5.25 Å². The van der Waals surface area contributed by atoms with Gasteiger partial charge in [0.2, 0.25) is 0 Å². The third kappa shape index (κ3) is 6.38. The van der Waals surface area contributed by atoms with E-state index in [2.05, 4.69) is 70.2 Å². The first-order chi connectivity index (χ1) is 8.08. The van der Waals surface area contributed by atoms with Gasteiger partial charge in [0.1, 0.15) is 0 Å². The van der Waals surface area contributed by atoms with Crippen molar-refractivity contribution in [3.63, 3.8) is 0 Å². The lowest BCUT2D eigenvalue weighted by molar-refractivity contribution is 1.03. The van der Waals surface area contributed by atoms with E-state index >= 15 is 0 Å². The highest BCUT2D eigenvalue weighted by molar-refractivity contribution is 8.00. The zero-order chi connectivity index (χ0) is 12.7. The van der Waals surface area contributed by atoms with Crippen LogP contribution in [0.2, 0.25) is 0 Å². The Balaban J connectivity index is 2.71. The summed E-state index contributed by atoms with van der Waals surface area (Å²) in [5, 5.41) is 0.539. The van der Waals surface area contributed by atoms with Gasteiger partial charge in [0.05, 0.1) is 0 Å². The van der Waals surface area contributed by atoms with Gasteiger partial charge >= 0.3 is 0 Å². The molecule has 0 amide bonds. The Morgan fingerprint density at radius 2 is 1.71 bits per heavy atom. The Labute approximate surface area is 110 Å². The summed E-state index contributed by atoms with van der Waals surface area (Å²) in [6.45, 7) is 8.65. The van der Waals surface area contributed by atoms with Crippen molar-refractivity contribution in [2.24, 2.45) is 0 Å². The molecule has 0 aromatic heterocycles. The van der Waals surface area contributed by atoms with Crippen LogP contribution in [0.3, 0.4) is 0 Å². The molecule has 1 aromatic rings. The molecule has 0 aliphatic carbocycles. The Morgan fingerprint density at radius 1 is 1.06 bits per heavy atom. The third-order valence-corrected chi connectivity index (χ3v) is 3.48. The summed E-state index contributed by atoms with van der Waals surface area (Å²) in [6.07, 6.45) is 5.78. The summed E-state index contributed by atoms with van der Waals surface area (Å²) in [7, 11) is 0. The van der Waals surface area contributed by atoms with Crippen molar-refractivity contribution < 1.29 is 0 Å². The number of hydrogen-bond acceptors (Lipinski definition) is 1. The van der Waals surface area contributed by atoms with Crippen LogP contribution in [-0.4, -0.2) is 5.25 Å². The van der Waals surface area contributed by atoms with E-state index in [4.69, 9.17) is 0 Å². The van der Waals surface area contributed by atoms with Gasteiger partial charge in [-0.25, -0.2) is 0 Å². The normalized spacial score (nSPS) is 11.8. The molecule has 0 bridgehead atoms. The standard InChI is InChI=1S/C16H22S/c1-13(2)10-11-16(12-14(3)4)17-15-8-6-5-7-9-15/h5-10,12,16H,11H2,1-4H3. The number of thioether (sulfide) groups is 1. The molecule has 0 nitrogen and oxygen atoms in total. The van der Waals surface area contributed by atoms with Crippen LogP contribution in [0, 0.1) is 0 Å². The highest BCUT2D eigenvalue weighted by atomic mass is 32.2. The van der Waals surface area contributed by atoms with Gasteiger partial charge in [-0.05, 0) is 46.2 Å². The number of hydrogen-bond donors (Lipinski definition) is 0. The molecule has 1 heteroatoms. The van der Waals surface area contributed by atoms with Crippen LogP contribution < -0.4 is 0 Å². The maximum atomic E-state index is 2.36. The van der Waals surface area contributed by atoms with Crippen LogP contribution >= 0.6 is 11.8 Å². The van der Waals surface area contributed by atoms with E-state index in [1.165, 1.54) is 16.0 Å². The maximum Gasteiger partial charge on any atom is 0.0311 e. The van der Waals surface area contributed by atoms with Crippen LogP contribution in [0.5, 0.6) is 0 Å². The van der Waals surface area contributed by atoms with Crippen molar-refractivity contribution in [1.29, 1.82) is 0 Å². The maximum absolute atomic E-state index is 2.36. The molecule has 1 aromatic carbocycles. The van der Waals surface area contributed by atoms with Crippen LogP contribution in [0.25, 0.3) is 0 Å². The van der Waals surface area contributed by atoms with Gasteiger partial charge in [0.25, 0.3) is 0 Å². The minimum absolute atomic E-state index is 0.539. The van der Waals surface area contributed by atoms with Gasteiger partial charge in [0.15, 0.2) is 0 Å². The van der Waals surface area contributed by atoms with Crippen LogP contribution in [0.4, 0.5) is 0 Å². The first-order valence-corrected chi connectivity index (χ1v) is 6.96. The second-order valence-corrected chi connectivity index (χ2v) is 6.04. The molecule has 1 unspecified atom stereocenters. The average Bonchev–Trinajstić information content (AvgIpc) is 2.26. The predicted molar refractivity (Wildman–Crippen MR) is 79.6 cm³/mol. The molecule has 0 N–H and O–H groups in total. The molecule has 0 heterocycles. The van der Waals surface area contributed by atoms with Crippen molar-refractivity contribution in [2.45, 2.75) is 44.3 Å². The Morgan fingerprint density at radius 3 is 2.24 bits per heavy atom. The zero-order valence-electron chi connectivity index (χ0n) is 11.2. The number of allylic oxidation sites excluding steroid dienone is 3. The fourth-order valence-corrected chi connectivity index (χ4v) is 2.74. The Kier molecular flexibility index (Phi) is 6.13. The van der Waals surface area contributed by atoms with Crippen molar-refractivity contribution in [3.05, 3.63) is 53.6 Å². The molecule has 0 aliphatic heterocycles. The van der Waals surface area contributed by atoms with E-state index in [0.717, 1.165) is 6.42 Å². The van der Waals surface area contributed by atoms with Gasteiger partial charge in [0, 0.05) is 10.1 Å². The Bertz CT molecular complexity index is 379. The molecule has 0 saturated heterocycles. The number of benzene rings is 1. The molecule has 0 radical (unpaired) electrons. The summed E-state index contributed by atoms with van der Waals surface area (Å²) in [5.74, 6) is 0. The lowest BCUT2D eigenvalue weighted by atomic mass is 10.2. The molecular formula is C16H22S. The van der Waals surface area contributed by atoms with Crippen molar-refractivity contribution in [3.8, 4) is 0 Å². The van der Waals surface area contributed by atoms with Crippen LogP contribution in [-0.2, 0) is 0 Å². The van der Waals surface area contributed by atoms with E-state index in [1.54, 1.807) is 0 Å². The minimum atomic E-state index is 0.539. The predicted octanol–water partition coefficient (Wildman–Crippen LogP) is 5.47. The monoisotopic (exact) mass is 246 g/mol. The summed E-state index contributed by atoms with van der Waals surface area (Å²) in [6, 6.07) is 10.6. The molecule has 92 valence electrons. The summed E-state index contributed by atoms with van der Waals surface area (Å²) in [5.41, 5.74) is 2.78. The van der Waals surface area contributed by atoms with E-state index < -0.39 is 0 Å². The molecule has 1 atom stereocenters. The van der Waals surface area contributed by atoms with Crippen molar-refractivity contribution in [2.75, 3.05) is 0 Å². The minimum Gasteiger partial charge on any atom is -0.118 e. The SMILES string of the molecule is CC(C)=CCC(C=C(C)C)Sc1ccccc1. The first kappa shape index (κ1) is 14.1. The highest BCUT2D eigenvalue weighted by Gasteiger charge is 2.05. The van der Waals surface area contributed by atoms with Gasteiger partial charge in [-0.15, -0.1) is 11.8 Å². The molecule has 0 fully saturated rings. The zero-order valence-corrected chi connectivity index (χ0v) is 12.1. The molecule has 0 saturated carbocycles. The van der Waals surface area contributed by atoms with Gasteiger partial charge in [-0.3, -0.25) is 0 Å². The molecular weight excluding hydrogens is 224 g/mol. The lowest BCUT2D eigenvalue weighted by Crippen LogP contribution is -1.97. The largest absolute Gasteiger partial charge is 0.118 e.